The van der Waals surface area contributed by atoms with Gasteiger partial charge in [-0.3, -0.25) is 9.69 Å². The smallest absolute Gasteiger partial charge is 0.136 e. The Morgan fingerprint density at radius 3 is 2.95 bits per heavy atom. The van der Waals surface area contributed by atoms with Crippen molar-refractivity contribution in [2.75, 3.05) is 13.1 Å². The molecule has 1 aromatic heterocycles. The predicted octanol–water partition coefficient (Wildman–Crippen LogP) is 3.85. The topological polar surface area (TPSA) is 36.1 Å². The molecule has 4 rings (SSSR count). The van der Waals surface area contributed by atoms with Crippen LogP contribution in [0.25, 0.3) is 10.9 Å². The molecule has 3 heteroatoms. The Labute approximate surface area is 131 Å². The van der Waals surface area contributed by atoms with Gasteiger partial charge in [0.1, 0.15) is 5.78 Å². The lowest BCUT2D eigenvalue weighted by Crippen LogP contribution is -2.47. The largest absolute Gasteiger partial charge is 0.357 e. The van der Waals surface area contributed by atoms with E-state index in [1.165, 1.54) is 22.2 Å². The summed E-state index contributed by atoms with van der Waals surface area (Å²) in [6.07, 6.45) is 4.07. The lowest BCUT2D eigenvalue weighted by molar-refractivity contribution is -0.131. The molecular weight excluding hydrogens is 272 g/mol. The Balaban J connectivity index is 1.80. The van der Waals surface area contributed by atoms with Crippen molar-refractivity contribution in [2.24, 2.45) is 5.41 Å². The number of H-pyrrole nitrogens is 1. The van der Waals surface area contributed by atoms with Gasteiger partial charge in [0.05, 0.1) is 6.04 Å². The van der Waals surface area contributed by atoms with Crippen LogP contribution in [0.5, 0.6) is 0 Å². The molecule has 0 aliphatic carbocycles. The van der Waals surface area contributed by atoms with Gasteiger partial charge in [0.2, 0.25) is 0 Å². The van der Waals surface area contributed by atoms with E-state index in [-0.39, 0.29) is 5.41 Å². The molecule has 2 aliphatic rings. The van der Waals surface area contributed by atoms with Crippen molar-refractivity contribution in [1.29, 1.82) is 0 Å². The lowest BCUT2D eigenvalue weighted by atomic mass is 9.69. The van der Waals surface area contributed by atoms with Crippen LogP contribution < -0.4 is 0 Å². The second kappa shape index (κ2) is 4.95. The Kier molecular flexibility index (Phi) is 3.15. The van der Waals surface area contributed by atoms with E-state index in [1.54, 1.807) is 6.92 Å². The summed E-state index contributed by atoms with van der Waals surface area (Å²) in [4.78, 5) is 18.5. The maximum atomic E-state index is 12.3. The Hall–Kier alpha value is -1.61. The molecule has 0 saturated carbocycles. The van der Waals surface area contributed by atoms with E-state index in [1.807, 2.05) is 0 Å². The van der Waals surface area contributed by atoms with Crippen molar-refractivity contribution in [3.8, 4) is 0 Å². The average Bonchev–Trinajstić information content (AvgIpc) is 2.93. The number of para-hydroxylation sites is 1. The molecule has 3 heterocycles. The van der Waals surface area contributed by atoms with Crippen molar-refractivity contribution in [3.05, 3.63) is 35.5 Å². The maximum Gasteiger partial charge on any atom is 0.136 e. The predicted molar refractivity (Wildman–Crippen MR) is 89.0 cm³/mol. The molecule has 116 valence electrons. The number of nitrogens with zero attached hydrogens (tertiary/aromatic N) is 1. The fourth-order valence-corrected chi connectivity index (χ4v) is 4.59. The number of rotatable bonds is 2. The molecule has 0 spiro atoms. The van der Waals surface area contributed by atoms with Crippen LogP contribution in [-0.4, -0.2) is 28.8 Å². The summed E-state index contributed by atoms with van der Waals surface area (Å²) < 4.78 is 0. The molecular formula is C19H24N2O. The highest BCUT2D eigenvalue weighted by Gasteiger charge is 2.44. The number of hydrogen-bond acceptors (Lipinski definition) is 2. The normalized spacial score (nSPS) is 28.4. The Bertz CT molecular complexity index is 732. The number of carbonyl (C=O) groups is 1. The van der Waals surface area contributed by atoms with Gasteiger partial charge in [0, 0.05) is 28.6 Å². The maximum absolute atomic E-state index is 12.3. The highest BCUT2D eigenvalue weighted by molar-refractivity contribution is 5.85. The van der Waals surface area contributed by atoms with Gasteiger partial charge in [0.15, 0.2) is 0 Å². The minimum Gasteiger partial charge on any atom is -0.357 e. The van der Waals surface area contributed by atoms with Crippen LogP contribution in [0.3, 0.4) is 0 Å². The van der Waals surface area contributed by atoms with Gasteiger partial charge < -0.3 is 4.98 Å². The van der Waals surface area contributed by atoms with Crippen molar-refractivity contribution in [3.63, 3.8) is 0 Å². The van der Waals surface area contributed by atoms with Gasteiger partial charge in [-0.1, -0.05) is 25.1 Å². The van der Waals surface area contributed by atoms with Crippen molar-refractivity contribution >= 4 is 16.7 Å². The van der Waals surface area contributed by atoms with E-state index in [2.05, 4.69) is 41.1 Å². The molecule has 1 N–H and O–H groups in total. The summed E-state index contributed by atoms with van der Waals surface area (Å²) in [6.45, 7) is 6.13. The SMILES string of the molecule is CCC1(C(C)=O)CCN2CCc3c([nH]c4ccccc34)C2C1. The monoisotopic (exact) mass is 296 g/mol. The van der Waals surface area contributed by atoms with E-state index in [4.69, 9.17) is 0 Å². The van der Waals surface area contributed by atoms with Crippen LogP contribution in [0.15, 0.2) is 24.3 Å². The number of Topliss-reactive ketones (excluding diaryl/α,β-unsaturated/α-hetero) is 1. The number of fused-ring (bicyclic) bond motifs is 5. The standard InChI is InChI=1S/C19H24N2O/c1-3-19(13(2)22)9-11-21-10-8-15-14-6-4-5-7-16(14)20-18(15)17(21)12-19/h4-7,17,20H,3,8-12H2,1-2H3. The van der Waals surface area contributed by atoms with E-state index in [9.17, 15) is 4.79 Å². The van der Waals surface area contributed by atoms with Crippen LogP contribution in [0.4, 0.5) is 0 Å². The second-order valence-corrected chi connectivity index (χ2v) is 7.01. The molecule has 2 aromatic rings. The summed E-state index contributed by atoms with van der Waals surface area (Å²) in [6, 6.07) is 8.98. The van der Waals surface area contributed by atoms with Crippen LogP contribution >= 0.6 is 0 Å². The van der Waals surface area contributed by atoms with Crippen LogP contribution in [0.2, 0.25) is 0 Å². The summed E-state index contributed by atoms with van der Waals surface area (Å²) in [5.41, 5.74) is 3.97. The highest BCUT2D eigenvalue weighted by atomic mass is 16.1. The van der Waals surface area contributed by atoms with E-state index < -0.39 is 0 Å². The molecule has 3 nitrogen and oxygen atoms in total. The fraction of sp³-hybridized carbons (Fsp3) is 0.526. The number of carbonyl (C=O) groups excluding carboxylic acids is 1. The lowest BCUT2D eigenvalue weighted by Gasteiger charge is -2.47. The number of hydrogen-bond donors (Lipinski definition) is 1. The van der Waals surface area contributed by atoms with Crippen molar-refractivity contribution < 1.29 is 4.79 Å². The van der Waals surface area contributed by atoms with Gasteiger partial charge in [-0.15, -0.1) is 0 Å². The third-order valence-electron chi connectivity index (χ3n) is 6.15. The zero-order chi connectivity index (χ0) is 15.3. The van der Waals surface area contributed by atoms with Gasteiger partial charge in [-0.05, 0) is 50.8 Å². The molecule has 2 aliphatic heterocycles. The van der Waals surface area contributed by atoms with Crippen LogP contribution in [0.1, 0.15) is 50.4 Å². The average molecular weight is 296 g/mol. The van der Waals surface area contributed by atoms with Gasteiger partial charge in [0.25, 0.3) is 0 Å². The van der Waals surface area contributed by atoms with Crippen LogP contribution in [0, 0.1) is 5.41 Å². The minimum atomic E-state index is -0.118. The minimum absolute atomic E-state index is 0.118. The zero-order valence-corrected chi connectivity index (χ0v) is 13.5. The van der Waals surface area contributed by atoms with Crippen molar-refractivity contribution in [1.82, 2.24) is 9.88 Å². The fourth-order valence-electron chi connectivity index (χ4n) is 4.59. The van der Waals surface area contributed by atoms with E-state index >= 15 is 0 Å². The molecule has 0 bridgehead atoms. The second-order valence-electron chi connectivity index (χ2n) is 7.01. The first-order valence-corrected chi connectivity index (χ1v) is 8.49. The van der Waals surface area contributed by atoms with E-state index in [0.717, 1.165) is 38.8 Å². The third-order valence-corrected chi connectivity index (χ3v) is 6.15. The molecule has 1 fully saturated rings. The summed E-state index contributed by atoms with van der Waals surface area (Å²) in [5.74, 6) is 0.373. The number of ketones is 1. The summed E-state index contributed by atoms with van der Waals surface area (Å²) >= 11 is 0. The number of nitrogens with one attached hydrogen (secondary N) is 1. The first-order valence-electron chi connectivity index (χ1n) is 8.49. The zero-order valence-electron chi connectivity index (χ0n) is 13.5. The highest BCUT2D eigenvalue weighted by Crippen LogP contribution is 2.47. The summed E-state index contributed by atoms with van der Waals surface area (Å²) in [5, 5.41) is 1.37. The summed E-state index contributed by atoms with van der Waals surface area (Å²) in [7, 11) is 0. The van der Waals surface area contributed by atoms with E-state index in [0.29, 0.717) is 11.8 Å². The quantitative estimate of drug-likeness (QED) is 0.914. The number of aromatic nitrogens is 1. The molecule has 2 unspecified atom stereocenters. The van der Waals surface area contributed by atoms with Crippen molar-refractivity contribution in [2.45, 2.75) is 45.6 Å². The number of piperidine rings is 1. The Morgan fingerprint density at radius 2 is 2.18 bits per heavy atom. The molecule has 2 atom stereocenters. The molecule has 1 aromatic carbocycles. The molecule has 22 heavy (non-hydrogen) atoms. The number of benzene rings is 1. The first kappa shape index (κ1) is 14.0. The third kappa shape index (κ3) is 1.88. The van der Waals surface area contributed by atoms with Gasteiger partial charge in [-0.2, -0.15) is 0 Å². The number of aromatic amines is 1. The molecule has 0 radical (unpaired) electrons. The van der Waals surface area contributed by atoms with Gasteiger partial charge >= 0.3 is 0 Å². The molecule has 1 saturated heterocycles. The molecule has 0 amide bonds. The Morgan fingerprint density at radius 1 is 1.36 bits per heavy atom. The first-order chi connectivity index (χ1) is 10.6. The van der Waals surface area contributed by atoms with Crippen LogP contribution in [-0.2, 0) is 11.2 Å². The van der Waals surface area contributed by atoms with Gasteiger partial charge in [-0.25, -0.2) is 0 Å².